The molecule has 1 unspecified atom stereocenters. The summed E-state index contributed by atoms with van der Waals surface area (Å²) in [6.07, 6.45) is 3.19. The number of carboxylic acid groups (broad SMARTS) is 1. The first-order valence-electron chi connectivity index (χ1n) is 10.5. The highest BCUT2D eigenvalue weighted by Gasteiger charge is 2.42. The number of alkyl halides is 1. The summed E-state index contributed by atoms with van der Waals surface area (Å²) in [5.74, 6) is -1.36. The molecule has 1 aromatic heterocycles. The first kappa shape index (κ1) is 21.9. The van der Waals surface area contributed by atoms with Crippen molar-refractivity contribution < 1.29 is 24.2 Å². The second-order valence-electron chi connectivity index (χ2n) is 8.08. The van der Waals surface area contributed by atoms with Gasteiger partial charge in [0.2, 0.25) is 0 Å². The average Bonchev–Trinajstić information content (AvgIpc) is 3.23. The van der Waals surface area contributed by atoms with Crippen molar-refractivity contribution in [1.29, 1.82) is 0 Å². The molecule has 3 rings (SSSR count). The fraction of sp³-hybridized carbons (Fsp3) is 0.565. The summed E-state index contributed by atoms with van der Waals surface area (Å²) in [6, 6.07) is 9.97. The number of benzene rings is 1. The van der Waals surface area contributed by atoms with E-state index >= 15 is 0 Å². The number of halogens is 1. The van der Waals surface area contributed by atoms with Gasteiger partial charge in [-0.1, -0.05) is 37.5 Å². The van der Waals surface area contributed by atoms with Crippen LogP contribution >= 0.6 is 11.3 Å². The molecular formula is C23H29FO4S. The number of aliphatic carboxylic acids is 1. The lowest BCUT2D eigenvalue weighted by Crippen LogP contribution is -2.19. The van der Waals surface area contributed by atoms with Crippen LogP contribution in [-0.4, -0.2) is 28.1 Å². The molecule has 1 aliphatic carbocycles. The molecule has 0 amide bonds. The number of Topliss-reactive ketones (excluding diaryl/α,β-unsaturated/α-hetero) is 1. The predicted octanol–water partition coefficient (Wildman–Crippen LogP) is 5.68. The smallest absolute Gasteiger partial charge is 0.303 e. The quantitative estimate of drug-likeness (QED) is 0.458. The van der Waals surface area contributed by atoms with Crippen LogP contribution in [0.5, 0.6) is 0 Å². The summed E-state index contributed by atoms with van der Waals surface area (Å²) < 4.78 is 15.6. The molecule has 2 N–H and O–H groups in total. The Hall–Kier alpha value is -1.79. The highest BCUT2D eigenvalue weighted by Crippen LogP contribution is 2.40. The van der Waals surface area contributed by atoms with Crippen molar-refractivity contribution in [3.8, 4) is 0 Å². The number of ketones is 1. The van der Waals surface area contributed by atoms with Crippen molar-refractivity contribution in [3.63, 3.8) is 0 Å². The molecule has 1 saturated carbocycles. The first-order valence-corrected chi connectivity index (χ1v) is 11.3. The lowest BCUT2D eigenvalue weighted by molar-refractivity contribution is -0.137. The molecule has 4 atom stereocenters. The number of aliphatic hydroxyl groups is 1. The van der Waals surface area contributed by atoms with Gasteiger partial charge in [0.15, 0.2) is 0 Å². The first-order chi connectivity index (χ1) is 14.0. The number of thiophene rings is 1. The van der Waals surface area contributed by atoms with Crippen molar-refractivity contribution in [1.82, 2.24) is 0 Å². The Kier molecular flexibility index (Phi) is 7.78. The summed E-state index contributed by atoms with van der Waals surface area (Å²) in [4.78, 5) is 23.7. The van der Waals surface area contributed by atoms with E-state index in [0.717, 1.165) is 34.2 Å². The minimum atomic E-state index is -1.12. The van der Waals surface area contributed by atoms with Crippen LogP contribution in [0.2, 0.25) is 0 Å². The lowest BCUT2D eigenvalue weighted by Gasteiger charge is -2.21. The zero-order valence-electron chi connectivity index (χ0n) is 16.6. The molecule has 0 spiro atoms. The van der Waals surface area contributed by atoms with Crippen LogP contribution in [0.15, 0.2) is 30.3 Å². The summed E-state index contributed by atoms with van der Waals surface area (Å²) in [6.45, 7) is 0. The molecule has 2 aromatic rings. The van der Waals surface area contributed by atoms with E-state index in [1.54, 1.807) is 11.3 Å². The number of hydrogen-bond donors (Lipinski definition) is 2. The van der Waals surface area contributed by atoms with Crippen LogP contribution < -0.4 is 0 Å². The van der Waals surface area contributed by atoms with Gasteiger partial charge in [-0.25, -0.2) is 4.39 Å². The maximum Gasteiger partial charge on any atom is 0.303 e. The monoisotopic (exact) mass is 420 g/mol. The van der Waals surface area contributed by atoms with E-state index in [1.807, 2.05) is 30.3 Å². The fourth-order valence-corrected chi connectivity index (χ4v) is 5.48. The average molecular weight is 421 g/mol. The van der Waals surface area contributed by atoms with Crippen LogP contribution in [-0.2, 0) is 9.59 Å². The van der Waals surface area contributed by atoms with Crippen LogP contribution in [0.3, 0.4) is 0 Å². The van der Waals surface area contributed by atoms with Gasteiger partial charge in [0.25, 0.3) is 0 Å². The van der Waals surface area contributed by atoms with Gasteiger partial charge in [0.05, 0.1) is 6.10 Å². The zero-order chi connectivity index (χ0) is 20.8. The second kappa shape index (κ2) is 10.3. The van der Waals surface area contributed by atoms with Crippen molar-refractivity contribution in [2.24, 2.45) is 11.8 Å². The maximum atomic E-state index is 14.5. The largest absolute Gasteiger partial charge is 0.481 e. The molecule has 1 fully saturated rings. The number of unbranched alkanes of at least 4 members (excludes halogenated alkanes) is 3. The van der Waals surface area contributed by atoms with Crippen LogP contribution in [0, 0.1) is 11.8 Å². The third-order valence-corrected chi connectivity index (χ3v) is 7.21. The van der Waals surface area contributed by atoms with E-state index in [2.05, 4.69) is 0 Å². The number of rotatable bonds is 11. The summed E-state index contributed by atoms with van der Waals surface area (Å²) >= 11 is 1.56. The van der Waals surface area contributed by atoms with E-state index < -0.39 is 18.2 Å². The minimum Gasteiger partial charge on any atom is -0.481 e. The third-order valence-electron chi connectivity index (χ3n) is 5.99. The highest BCUT2D eigenvalue weighted by atomic mass is 32.1. The molecular weight excluding hydrogens is 391 g/mol. The van der Waals surface area contributed by atoms with Crippen molar-refractivity contribution >= 4 is 33.2 Å². The van der Waals surface area contributed by atoms with E-state index in [-0.39, 0.29) is 30.5 Å². The number of carboxylic acids is 1. The normalized spacial score (nSPS) is 23.0. The molecule has 158 valence electrons. The minimum absolute atomic E-state index is 0.00406. The molecule has 1 aliphatic rings. The molecule has 1 heterocycles. The van der Waals surface area contributed by atoms with Crippen LogP contribution in [0.4, 0.5) is 4.39 Å². The van der Waals surface area contributed by atoms with E-state index in [9.17, 15) is 19.1 Å². The molecule has 1 aromatic carbocycles. The van der Waals surface area contributed by atoms with Crippen molar-refractivity contribution in [2.45, 2.75) is 70.1 Å². The molecule has 0 saturated heterocycles. The summed E-state index contributed by atoms with van der Waals surface area (Å²) in [5, 5.41) is 20.4. The number of carbonyl (C=O) groups excluding carboxylic acids is 1. The third kappa shape index (κ3) is 5.86. The Labute approximate surface area is 174 Å². The highest BCUT2D eigenvalue weighted by molar-refractivity contribution is 7.19. The summed E-state index contributed by atoms with van der Waals surface area (Å²) in [7, 11) is 0. The van der Waals surface area contributed by atoms with Crippen molar-refractivity contribution in [3.05, 3.63) is 35.2 Å². The predicted molar refractivity (Wildman–Crippen MR) is 113 cm³/mol. The second-order valence-corrected chi connectivity index (χ2v) is 9.20. The molecule has 0 radical (unpaired) electrons. The molecule has 6 heteroatoms. The summed E-state index contributed by atoms with van der Waals surface area (Å²) in [5.41, 5.74) is 0. The fourth-order valence-electron chi connectivity index (χ4n) is 4.40. The van der Waals surface area contributed by atoms with Gasteiger partial charge in [-0.15, -0.1) is 11.3 Å². The van der Waals surface area contributed by atoms with E-state index in [4.69, 9.17) is 5.11 Å². The van der Waals surface area contributed by atoms with Gasteiger partial charge in [-0.05, 0) is 43.2 Å². The van der Waals surface area contributed by atoms with Crippen LogP contribution in [0.1, 0.15) is 68.8 Å². The van der Waals surface area contributed by atoms with Gasteiger partial charge in [0, 0.05) is 34.3 Å². The molecule has 4 nitrogen and oxygen atoms in total. The van der Waals surface area contributed by atoms with Gasteiger partial charge in [-0.2, -0.15) is 0 Å². The van der Waals surface area contributed by atoms with Gasteiger partial charge in [-0.3, -0.25) is 9.59 Å². The van der Waals surface area contributed by atoms with Gasteiger partial charge in [0.1, 0.15) is 12.0 Å². The number of hydrogen-bond acceptors (Lipinski definition) is 4. The Morgan fingerprint density at radius 2 is 1.93 bits per heavy atom. The molecule has 29 heavy (non-hydrogen) atoms. The standard InChI is InChI=1S/C23H29FO4S/c24-18-14-20(26)17(8-3-1-2-4-10-23(27)28)16(18)11-12-19(25)22-13-15-7-5-6-9-21(15)29-22/h5-7,9,13,16-19,25H,1-4,8,10-12,14H2,(H,27,28)/t16-,17-,18+,19?/m1/s1. The molecule has 0 aliphatic heterocycles. The maximum absolute atomic E-state index is 14.5. The SMILES string of the molecule is O=C(O)CCCCCC[C@H]1C(=O)C[C@H](F)[C@@H]1CCC(O)c1cc2ccccc2s1. The lowest BCUT2D eigenvalue weighted by atomic mass is 9.85. The Morgan fingerprint density at radius 3 is 2.69 bits per heavy atom. The van der Waals surface area contributed by atoms with Crippen LogP contribution in [0.25, 0.3) is 10.1 Å². The zero-order valence-corrected chi connectivity index (χ0v) is 17.4. The van der Waals surface area contributed by atoms with Crippen molar-refractivity contribution in [2.75, 3.05) is 0 Å². The van der Waals surface area contributed by atoms with E-state index in [0.29, 0.717) is 25.7 Å². The van der Waals surface area contributed by atoms with Gasteiger partial charge >= 0.3 is 5.97 Å². The number of carbonyl (C=O) groups is 2. The Morgan fingerprint density at radius 1 is 1.17 bits per heavy atom. The Bertz CT molecular complexity index is 800. The molecule has 0 bridgehead atoms. The van der Waals surface area contributed by atoms with E-state index in [1.165, 1.54) is 0 Å². The van der Waals surface area contributed by atoms with Gasteiger partial charge < -0.3 is 10.2 Å². The number of aliphatic hydroxyl groups excluding tert-OH is 1. The topological polar surface area (TPSA) is 74.6 Å². The number of fused-ring (bicyclic) bond motifs is 1. The Balaban J connectivity index is 1.49.